The van der Waals surface area contributed by atoms with E-state index in [9.17, 15) is 71.9 Å². The molecule has 6 rings (SSSR count). The van der Waals surface area contributed by atoms with E-state index >= 15 is 0 Å². The number of benzene rings is 2. The molecule has 36 nitrogen and oxygen atoms in total. The lowest BCUT2D eigenvalue weighted by molar-refractivity contribution is -0.155. The van der Waals surface area contributed by atoms with Gasteiger partial charge in [0.2, 0.25) is 53.5 Å². The maximum atomic E-state index is 11.9. The number of ether oxygens (including phenoxy) is 6. The van der Waals surface area contributed by atoms with Crippen LogP contribution in [0.2, 0.25) is 24.7 Å². The Labute approximate surface area is 864 Å². The standard InChI is InChI=1S/C12H19NO2.2C12H13NO2.2C12H26O5Si.C12H26O4Si.2C9H15NO3.C8H16O3.C7H15NO/c3*1-8-9(2)12(15)13(11(8)14)10-6-4-3-5-7-10;2*1-7-12(2,3)11(13)17-9-8-10-18(14-4,15-5)16-6;1-7-12(2,3)11(13)16-9-8-10-17(6,14-4)15-5;2*1-4-9(2,3)8(12)13-6-5-10-7-11;1-4-8(2,3)7(10)11-6-5-9;1-5-6(2)7(9)8(3)4/h8-10H,3-7H2,1-2H3;2*3-9H,1-2H3;2*7-10H2,1-6H3;7-10H2,1-6H3;2*4-6H2,1-3H3;9H,4-6H2,1-3H3;6H,5H2,1-4H3. The van der Waals surface area contributed by atoms with Gasteiger partial charge in [0.05, 0.1) is 83.4 Å². The summed E-state index contributed by atoms with van der Waals surface area (Å²) in [4.78, 5) is 183. The number of amides is 7. The molecule has 0 aromatic heterocycles. The second-order valence-electron chi connectivity index (χ2n) is 39.7. The quantitative estimate of drug-likeness (QED) is 0.0122. The first-order chi connectivity index (χ1) is 67.1. The fourth-order valence-electron chi connectivity index (χ4n) is 12.3. The third kappa shape index (κ3) is 50.3. The first kappa shape index (κ1) is 141. The van der Waals surface area contributed by atoms with Crippen LogP contribution in [0, 0.1) is 73.9 Å². The molecule has 3 saturated heterocycles. The Balaban J connectivity index is -0.000000760. The maximum Gasteiger partial charge on any atom is 0.500 e. The predicted molar refractivity (Wildman–Crippen MR) is 560 cm³/mol. The molecule has 3 heterocycles. The number of likely N-dealkylation sites (tertiary alicyclic amines) is 1. The number of hydrogen-bond donors (Lipinski definition) is 1. The van der Waals surface area contributed by atoms with Gasteiger partial charge in [-0.1, -0.05) is 153 Å². The van der Waals surface area contributed by atoms with E-state index in [1.165, 1.54) is 28.4 Å². The summed E-state index contributed by atoms with van der Waals surface area (Å²) in [5.41, 5.74) is -1.21. The summed E-state index contributed by atoms with van der Waals surface area (Å²) in [6.45, 7) is 52.7. The first-order valence-electron chi connectivity index (χ1n) is 50.2. The highest BCUT2D eigenvalue weighted by molar-refractivity contribution is 6.66. The van der Waals surface area contributed by atoms with Gasteiger partial charge in [0.1, 0.15) is 19.8 Å². The van der Waals surface area contributed by atoms with Crippen molar-refractivity contribution in [3.8, 4) is 0 Å². The zero-order valence-corrected chi connectivity index (χ0v) is 97.5. The molecule has 4 fully saturated rings. The molecule has 144 heavy (non-hydrogen) atoms. The van der Waals surface area contributed by atoms with Crippen LogP contribution in [0.3, 0.4) is 0 Å². The molecule has 1 saturated carbocycles. The van der Waals surface area contributed by atoms with Crippen LogP contribution in [0.4, 0.5) is 11.4 Å². The third-order valence-corrected chi connectivity index (χ3v) is 35.4. The average Bonchev–Trinajstić information content (AvgIpc) is 1.65. The molecular weight excluding hydrogens is 1910 g/mol. The molecule has 2 aromatic carbocycles. The Kier molecular flexibility index (Phi) is 71.2. The van der Waals surface area contributed by atoms with Gasteiger partial charge in [0, 0.05) is 131 Å². The molecule has 7 unspecified atom stereocenters. The number of aliphatic hydroxyl groups excluding tert-OH is 1. The third-order valence-electron chi connectivity index (χ3n) is 26.8. The molecule has 7 amide bonds. The van der Waals surface area contributed by atoms with Crippen LogP contribution in [0.5, 0.6) is 0 Å². The summed E-state index contributed by atoms with van der Waals surface area (Å²) in [7, 11) is 9.27. The number of esters is 6. The molecule has 39 heteroatoms. The summed E-state index contributed by atoms with van der Waals surface area (Å²) in [6, 6.07) is 20.4. The van der Waals surface area contributed by atoms with Crippen LogP contribution in [0.1, 0.15) is 276 Å². The monoisotopic (exact) mass is 2090 g/mol. The van der Waals surface area contributed by atoms with Gasteiger partial charge in [-0.05, 0) is 197 Å². The lowest BCUT2D eigenvalue weighted by Gasteiger charge is -2.29. The minimum Gasteiger partial charge on any atom is -0.465 e. The lowest BCUT2D eigenvalue weighted by Crippen LogP contribution is -2.42. The summed E-state index contributed by atoms with van der Waals surface area (Å²) in [5.74, 6) is -2.15. The van der Waals surface area contributed by atoms with E-state index in [1.807, 2.05) is 195 Å². The number of aliphatic imine (C=N–C) groups is 2. The van der Waals surface area contributed by atoms with Gasteiger partial charge in [-0.2, -0.15) is 0 Å². The molecule has 0 radical (unpaired) electrons. The largest absolute Gasteiger partial charge is 0.500 e. The van der Waals surface area contributed by atoms with Crippen LogP contribution in [-0.4, -0.2) is 267 Å². The van der Waals surface area contributed by atoms with E-state index in [0.29, 0.717) is 56.1 Å². The number of aliphatic hydroxyl groups is 1. The van der Waals surface area contributed by atoms with Gasteiger partial charge in [-0.15, -0.1) is 0 Å². The molecule has 0 bridgehead atoms. The summed E-state index contributed by atoms with van der Waals surface area (Å²) < 4.78 is 72.7. The lowest BCUT2D eigenvalue weighted by atomic mass is 9.91. The molecule has 0 spiro atoms. The molecule has 4 aliphatic rings. The smallest absolute Gasteiger partial charge is 0.465 e. The van der Waals surface area contributed by atoms with E-state index in [4.69, 9.17) is 68.9 Å². The second kappa shape index (κ2) is 72.5. The number of carbonyl (C=O) groups excluding carboxylic acids is 15. The van der Waals surface area contributed by atoms with Crippen LogP contribution in [-0.2, 0) is 136 Å². The number of nitrogens with zero attached hydrogens (tertiary/aromatic N) is 6. The van der Waals surface area contributed by atoms with Crippen molar-refractivity contribution in [2.24, 2.45) is 83.9 Å². The zero-order chi connectivity index (χ0) is 112. The predicted octanol–water partition coefficient (Wildman–Crippen LogP) is 17.5. The minimum absolute atomic E-state index is 0.0550. The van der Waals surface area contributed by atoms with Crippen molar-refractivity contribution >= 4 is 127 Å². The molecule has 7 atom stereocenters. The molecule has 3 aliphatic heterocycles. The van der Waals surface area contributed by atoms with Crippen molar-refractivity contribution in [3.63, 3.8) is 0 Å². The van der Waals surface area contributed by atoms with Crippen molar-refractivity contribution < 1.29 is 141 Å². The summed E-state index contributed by atoms with van der Waals surface area (Å²) >= 11 is 0. The van der Waals surface area contributed by atoms with Crippen LogP contribution < -0.4 is 9.80 Å². The topological polar surface area (TPSA) is 443 Å². The van der Waals surface area contributed by atoms with Gasteiger partial charge in [-0.3, -0.25) is 77.0 Å². The number of carbonyl (C=O) groups is 13. The molecule has 1 aliphatic carbocycles. The minimum atomic E-state index is -2.53. The van der Waals surface area contributed by atoms with Gasteiger partial charge >= 0.3 is 62.0 Å². The summed E-state index contributed by atoms with van der Waals surface area (Å²) in [6.07, 6.45) is 15.9. The molecular formula is C105H184N6O30Si3. The number of anilines is 2. The Morgan fingerprint density at radius 3 is 0.847 bits per heavy atom. The van der Waals surface area contributed by atoms with Gasteiger partial charge < -0.3 is 73.8 Å². The number of hydrogen-bond acceptors (Lipinski definition) is 32. The van der Waals surface area contributed by atoms with Crippen molar-refractivity contribution in [2.45, 2.75) is 307 Å². The number of isocyanates is 2. The van der Waals surface area contributed by atoms with E-state index in [-0.39, 0.29) is 170 Å². The van der Waals surface area contributed by atoms with Crippen molar-refractivity contribution in [3.05, 3.63) is 60.7 Å². The fourth-order valence-corrected chi connectivity index (χ4v) is 17.1. The number of para-hydroxylation sites is 2. The van der Waals surface area contributed by atoms with Gasteiger partial charge in [0.25, 0.3) is 0 Å². The van der Waals surface area contributed by atoms with E-state index < -0.39 is 53.2 Å². The molecule has 826 valence electrons. The van der Waals surface area contributed by atoms with Gasteiger partial charge in [-0.25, -0.2) is 19.6 Å². The average molecular weight is 2090 g/mol. The van der Waals surface area contributed by atoms with Crippen molar-refractivity contribution in [2.75, 3.05) is 140 Å². The molecule has 1 N–H and O–H groups in total. The maximum absolute atomic E-state index is 11.9. The highest BCUT2D eigenvalue weighted by Gasteiger charge is 2.48. The van der Waals surface area contributed by atoms with Crippen molar-refractivity contribution in [1.29, 1.82) is 0 Å². The Bertz CT molecular complexity index is 3940. The van der Waals surface area contributed by atoms with Crippen LogP contribution in [0.25, 0.3) is 0 Å². The highest BCUT2D eigenvalue weighted by atomic mass is 28.4. The highest BCUT2D eigenvalue weighted by Crippen LogP contribution is 2.36. The van der Waals surface area contributed by atoms with E-state index in [0.717, 1.165) is 83.1 Å². The molecule has 2 aromatic rings. The van der Waals surface area contributed by atoms with Crippen LogP contribution >= 0.6 is 0 Å². The fraction of sp³-hybridized carbons (Fsp3) is 0.743. The van der Waals surface area contributed by atoms with Gasteiger partial charge in [0.15, 0.2) is 0 Å². The van der Waals surface area contributed by atoms with E-state index in [2.05, 4.69) is 9.98 Å². The SMILES string of the molecule is CC1C(=O)N(C2CCCCC2)C(=O)C1C.CC1C(=O)N(c2ccccc2)C(=O)C1C.CC1C(=O)N(c2ccccc2)C(=O)C1C.CCC(C)(C)C(=O)OCCC[Si](C)(OC)OC.CCC(C)(C)C(=O)OCCC[Si](OC)(OC)OC.CCC(C)(C)C(=O)OCCC[Si](OC)(OC)OC.CCC(C)(C)C(=O)OCCN=C=O.CCC(C)(C)C(=O)OCCN=C=O.CCC(C)(C)C(=O)OCCO.CCC(C)C(=O)N(C)C. The first-order valence-corrected chi connectivity index (χ1v) is 56.6. The second-order valence-corrected chi connectivity index (χ2v) is 49.4. The normalized spacial score (nSPS) is 17.1. The Morgan fingerprint density at radius 1 is 0.389 bits per heavy atom. The summed E-state index contributed by atoms with van der Waals surface area (Å²) in [5, 5.41) is 8.38. The van der Waals surface area contributed by atoms with E-state index in [1.54, 1.807) is 133 Å². The Morgan fingerprint density at radius 2 is 0.632 bits per heavy atom. The van der Waals surface area contributed by atoms with Crippen LogP contribution in [0.15, 0.2) is 70.6 Å². The zero-order valence-electron chi connectivity index (χ0n) is 94.5. The number of rotatable bonds is 45. The number of imide groups is 3. The van der Waals surface area contributed by atoms with Crippen molar-refractivity contribution in [1.82, 2.24) is 9.80 Å². The Hall–Kier alpha value is -8.80.